The molecule has 2 aromatic rings. The van der Waals surface area contributed by atoms with E-state index in [1.165, 1.54) is 24.3 Å². The van der Waals surface area contributed by atoms with Crippen LogP contribution in [0.3, 0.4) is 0 Å². The van der Waals surface area contributed by atoms with Crippen molar-refractivity contribution >= 4 is 11.8 Å². The van der Waals surface area contributed by atoms with Gasteiger partial charge in [0, 0.05) is 24.2 Å². The van der Waals surface area contributed by atoms with Gasteiger partial charge in [-0.3, -0.25) is 9.59 Å². The van der Waals surface area contributed by atoms with E-state index < -0.39 is 0 Å². The average Bonchev–Trinajstić information content (AvgIpc) is 2.72. The van der Waals surface area contributed by atoms with Crippen LogP contribution in [0.1, 0.15) is 28.8 Å². The predicted molar refractivity (Wildman–Crippen MR) is 101 cm³/mol. The Hall–Kier alpha value is -3.13. The summed E-state index contributed by atoms with van der Waals surface area (Å²) in [4.78, 5) is 26.6. The van der Waals surface area contributed by atoms with Crippen molar-refractivity contribution in [1.82, 2.24) is 10.2 Å². The molecule has 1 N–H and O–H groups in total. The van der Waals surface area contributed by atoms with Crippen LogP contribution in [0.4, 0.5) is 4.39 Å². The zero-order chi connectivity index (χ0) is 19.1. The van der Waals surface area contributed by atoms with Gasteiger partial charge in [0.2, 0.25) is 5.91 Å². The first kappa shape index (κ1) is 18.7. The van der Waals surface area contributed by atoms with Crippen molar-refractivity contribution in [2.75, 3.05) is 19.6 Å². The minimum Gasteiger partial charge on any atom is -0.345 e. The van der Waals surface area contributed by atoms with Crippen LogP contribution >= 0.6 is 0 Å². The molecule has 27 heavy (non-hydrogen) atoms. The average molecular weight is 364 g/mol. The molecule has 1 heterocycles. The maximum absolute atomic E-state index is 13.0. The van der Waals surface area contributed by atoms with Crippen LogP contribution in [0, 0.1) is 23.6 Å². The number of piperidine rings is 1. The standard InChI is InChI=1S/C22H21FN2O2/c23-20-12-10-18(11-13-20)22(27)25-15-5-9-19(16-25)21(26)24-14-4-8-17-6-2-1-3-7-17/h1-3,6-7,10-13,19H,5,9,14-16H2,(H,24,26). The molecule has 2 amide bonds. The molecule has 0 saturated carbocycles. The van der Waals surface area contributed by atoms with Crippen molar-refractivity contribution in [3.05, 3.63) is 71.5 Å². The van der Waals surface area contributed by atoms with Crippen molar-refractivity contribution in [3.63, 3.8) is 0 Å². The number of nitrogens with zero attached hydrogens (tertiary/aromatic N) is 1. The lowest BCUT2D eigenvalue weighted by atomic mass is 9.96. The molecule has 1 fully saturated rings. The van der Waals surface area contributed by atoms with Gasteiger partial charge in [0.15, 0.2) is 0 Å². The van der Waals surface area contributed by atoms with Gasteiger partial charge in [-0.2, -0.15) is 0 Å². The van der Waals surface area contributed by atoms with E-state index in [1.54, 1.807) is 4.90 Å². The van der Waals surface area contributed by atoms with Gasteiger partial charge in [0.25, 0.3) is 5.91 Å². The van der Waals surface area contributed by atoms with Crippen LogP contribution in [0.15, 0.2) is 54.6 Å². The van der Waals surface area contributed by atoms with Crippen LogP contribution in [-0.2, 0) is 4.79 Å². The molecular formula is C22H21FN2O2. The summed E-state index contributed by atoms with van der Waals surface area (Å²) in [5.74, 6) is 5.05. The van der Waals surface area contributed by atoms with Gasteiger partial charge >= 0.3 is 0 Å². The number of carbonyl (C=O) groups is 2. The van der Waals surface area contributed by atoms with E-state index in [2.05, 4.69) is 17.2 Å². The molecule has 0 bridgehead atoms. The summed E-state index contributed by atoms with van der Waals surface area (Å²) in [7, 11) is 0. The van der Waals surface area contributed by atoms with Crippen LogP contribution < -0.4 is 5.32 Å². The Morgan fingerprint density at radius 3 is 2.59 bits per heavy atom. The first-order valence-corrected chi connectivity index (χ1v) is 9.00. The van der Waals surface area contributed by atoms with E-state index in [0.29, 0.717) is 18.7 Å². The lowest BCUT2D eigenvalue weighted by molar-refractivity contribution is -0.126. The molecule has 1 aliphatic heterocycles. The molecule has 1 saturated heterocycles. The smallest absolute Gasteiger partial charge is 0.253 e. The van der Waals surface area contributed by atoms with Gasteiger partial charge in [-0.25, -0.2) is 4.39 Å². The summed E-state index contributed by atoms with van der Waals surface area (Å²) in [5.41, 5.74) is 1.34. The van der Waals surface area contributed by atoms with Crippen LogP contribution in [0.5, 0.6) is 0 Å². The number of halogens is 1. The summed E-state index contributed by atoms with van der Waals surface area (Å²) in [5, 5.41) is 2.83. The Balaban J connectivity index is 1.52. The fourth-order valence-electron chi connectivity index (χ4n) is 3.09. The van der Waals surface area contributed by atoms with E-state index in [9.17, 15) is 14.0 Å². The maximum atomic E-state index is 13.0. The zero-order valence-electron chi connectivity index (χ0n) is 15.0. The second-order valence-corrected chi connectivity index (χ2v) is 6.48. The van der Waals surface area contributed by atoms with Gasteiger partial charge in [0.1, 0.15) is 5.82 Å². The SMILES string of the molecule is O=C(NCC#Cc1ccccc1)C1CCCN(C(=O)c2ccc(F)cc2)C1. The summed E-state index contributed by atoms with van der Waals surface area (Å²) < 4.78 is 13.0. The minimum atomic E-state index is -0.376. The van der Waals surface area contributed by atoms with E-state index >= 15 is 0 Å². The Morgan fingerprint density at radius 2 is 1.85 bits per heavy atom. The van der Waals surface area contributed by atoms with Crippen molar-refractivity contribution in [2.24, 2.45) is 5.92 Å². The number of nitrogens with one attached hydrogen (secondary N) is 1. The van der Waals surface area contributed by atoms with Crippen LogP contribution in [0.25, 0.3) is 0 Å². The predicted octanol–water partition coefficient (Wildman–Crippen LogP) is 2.85. The lowest BCUT2D eigenvalue weighted by Gasteiger charge is -2.32. The largest absolute Gasteiger partial charge is 0.345 e. The molecule has 1 atom stereocenters. The van der Waals surface area contributed by atoms with E-state index in [1.807, 2.05) is 30.3 Å². The molecular weight excluding hydrogens is 343 g/mol. The number of likely N-dealkylation sites (tertiary alicyclic amines) is 1. The Labute approximate surface area is 158 Å². The fraction of sp³-hybridized carbons (Fsp3) is 0.273. The number of benzene rings is 2. The number of hydrogen-bond acceptors (Lipinski definition) is 2. The highest BCUT2D eigenvalue weighted by molar-refractivity contribution is 5.94. The summed E-state index contributed by atoms with van der Waals surface area (Å²) >= 11 is 0. The monoisotopic (exact) mass is 364 g/mol. The van der Waals surface area contributed by atoms with Crippen LogP contribution in [-0.4, -0.2) is 36.3 Å². The van der Waals surface area contributed by atoms with E-state index in [-0.39, 0.29) is 30.1 Å². The van der Waals surface area contributed by atoms with Gasteiger partial charge < -0.3 is 10.2 Å². The second kappa shape index (κ2) is 9.00. The molecule has 2 aromatic carbocycles. The molecule has 1 unspecified atom stereocenters. The van der Waals surface area contributed by atoms with E-state index in [0.717, 1.165) is 18.4 Å². The Bertz CT molecular complexity index is 853. The van der Waals surface area contributed by atoms with Gasteiger partial charge in [-0.15, -0.1) is 0 Å². The number of amides is 2. The Morgan fingerprint density at radius 1 is 1.11 bits per heavy atom. The normalized spacial score (nSPS) is 16.2. The number of hydrogen-bond donors (Lipinski definition) is 1. The highest BCUT2D eigenvalue weighted by atomic mass is 19.1. The topological polar surface area (TPSA) is 49.4 Å². The first-order valence-electron chi connectivity index (χ1n) is 9.00. The van der Waals surface area contributed by atoms with Gasteiger partial charge in [-0.1, -0.05) is 30.0 Å². The number of rotatable bonds is 3. The van der Waals surface area contributed by atoms with Gasteiger partial charge in [-0.05, 0) is 49.2 Å². The Kier molecular flexibility index (Phi) is 6.22. The third-order valence-electron chi connectivity index (χ3n) is 4.53. The molecule has 1 aliphatic rings. The van der Waals surface area contributed by atoms with Crippen molar-refractivity contribution < 1.29 is 14.0 Å². The first-order chi connectivity index (χ1) is 13.1. The molecule has 0 aliphatic carbocycles. The summed E-state index contributed by atoms with van der Waals surface area (Å²) in [6.07, 6.45) is 1.51. The molecule has 0 spiro atoms. The van der Waals surface area contributed by atoms with Gasteiger partial charge in [0.05, 0.1) is 12.5 Å². The minimum absolute atomic E-state index is 0.0889. The number of carbonyl (C=O) groups excluding carboxylic acids is 2. The molecule has 3 rings (SSSR count). The van der Waals surface area contributed by atoms with E-state index in [4.69, 9.17) is 0 Å². The lowest BCUT2D eigenvalue weighted by Crippen LogP contribution is -2.45. The molecule has 0 radical (unpaired) electrons. The van der Waals surface area contributed by atoms with Crippen molar-refractivity contribution in [2.45, 2.75) is 12.8 Å². The van der Waals surface area contributed by atoms with Crippen molar-refractivity contribution in [1.29, 1.82) is 0 Å². The highest BCUT2D eigenvalue weighted by Crippen LogP contribution is 2.19. The molecule has 5 heteroatoms. The molecule has 0 aromatic heterocycles. The zero-order valence-corrected chi connectivity index (χ0v) is 15.0. The molecule has 138 valence electrons. The summed E-state index contributed by atoms with van der Waals surface area (Å²) in [6, 6.07) is 15.1. The maximum Gasteiger partial charge on any atom is 0.253 e. The van der Waals surface area contributed by atoms with Crippen molar-refractivity contribution in [3.8, 4) is 11.8 Å². The third-order valence-corrected chi connectivity index (χ3v) is 4.53. The fourth-order valence-corrected chi connectivity index (χ4v) is 3.09. The quantitative estimate of drug-likeness (QED) is 0.852. The molecule has 4 nitrogen and oxygen atoms in total. The third kappa shape index (κ3) is 5.18. The second-order valence-electron chi connectivity index (χ2n) is 6.48. The van der Waals surface area contributed by atoms with Crippen LogP contribution in [0.2, 0.25) is 0 Å². The highest BCUT2D eigenvalue weighted by Gasteiger charge is 2.28. The summed E-state index contributed by atoms with van der Waals surface area (Å²) in [6.45, 7) is 1.25.